The number of halogens is 1. The summed E-state index contributed by atoms with van der Waals surface area (Å²) in [6.45, 7) is 0.212. The van der Waals surface area contributed by atoms with Gasteiger partial charge in [0.2, 0.25) is 0 Å². The second-order valence-electron chi connectivity index (χ2n) is 4.02. The summed E-state index contributed by atoms with van der Waals surface area (Å²) in [6, 6.07) is 2.06. The van der Waals surface area contributed by atoms with E-state index in [9.17, 15) is 5.11 Å². The highest BCUT2D eigenvalue weighted by Crippen LogP contribution is 2.49. The first-order valence-electron chi connectivity index (χ1n) is 4.78. The van der Waals surface area contributed by atoms with Gasteiger partial charge in [-0.3, -0.25) is 0 Å². The quantitative estimate of drug-likeness (QED) is 0.891. The van der Waals surface area contributed by atoms with Crippen molar-refractivity contribution in [3.05, 3.63) is 20.8 Å². The second kappa shape index (κ2) is 3.93. The standard InChI is InChI=1S/C10H14BrNOS/c11-7-4-8(14-5-7)9(12)10(6-13)2-1-3-10/h4-5,9,13H,1-3,6,12H2. The van der Waals surface area contributed by atoms with Crippen molar-refractivity contribution in [1.29, 1.82) is 0 Å². The molecule has 78 valence electrons. The van der Waals surface area contributed by atoms with E-state index in [0.717, 1.165) is 17.3 Å². The fourth-order valence-corrected chi connectivity index (χ4v) is 3.58. The number of nitrogens with two attached hydrogens (primary N) is 1. The lowest BCUT2D eigenvalue weighted by atomic mass is 9.64. The first-order chi connectivity index (χ1) is 6.68. The molecule has 1 heterocycles. The van der Waals surface area contributed by atoms with Gasteiger partial charge in [-0.05, 0) is 34.8 Å². The summed E-state index contributed by atoms with van der Waals surface area (Å²) in [4.78, 5) is 1.17. The van der Waals surface area contributed by atoms with Gasteiger partial charge >= 0.3 is 0 Å². The third-order valence-corrected chi connectivity index (χ3v) is 4.99. The molecule has 1 aromatic rings. The third-order valence-electron chi connectivity index (χ3n) is 3.22. The maximum Gasteiger partial charge on any atom is 0.0505 e. The molecule has 2 rings (SSSR count). The van der Waals surface area contributed by atoms with Gasteiger partial charge in [0, 0.05) is 26.2 Å². The molecule has 1 saturated carbocycles. The molecule has 0 aromatic carbocycles. The molecule has 0 spiro atoms. The van der Waals surface area contributed by atoms with Gasteiger partial charge in [0.15, 0.2) is 0 Å². The topological polar surface area (TPSA) is 46.2 Å². The Morgan fingerprint density at radius 3 is 2.71 bits per heavy atom. The highest BCUT2D eigenvalue weighted by atomic mass is 79.9. The van der Waals surface area contributed by atoms with Crippen LogP contribution in [0.4, 0.5) is 0 Å². The van der Waals surface area contributed by atoms with Crippen LogP contribution in [0.1, 0.15) is 30.2 Å². The average molecular weight is 276 g/mol. The minimum Gasteiger partial charge on any atom is -0.396 e. The normalized spacial score (nSPS) is 21.6. The molecular formula is C10H14BrNOS. The van der Waals surface area contributed by atoms with E-state index in [1.54, 1.807) is 11.3 Å². The van der Waals surface area contributed by atoms with E-state index in [2.05, 4.69) is 22.0 Å². The Hall–Kier alpha value is 0.1000. The van der Waals surface area contributed by atoms with Crippen LogP contribution in [0.3, 0.4) is 0 Å². The van der Waals surface area contributed by atoms with Crippen LogP contribution in [-0.4, -0.2) is 11.7 Å². The van der Waals surface area contributed by atoms with Crippen molar-refractivity contribution < 1.29 is 5.11 Å². The molecule has 0 radical (unpaired) electrons. The summed E-state index contributed by atoms with van der Waals surface area (Å²) in [5.74, 6) is 0. The van der Waals surface area contributed by atoms with Crippen LogP contribution in [0.25, 0.3) is 0 Å². The highest BCUT2D eigenvalue weighted by molar-refractivity contribution is 9.10. The molecule has 4 heteroatoms. The fourth-order valence-electron chi connectivity index (χ4n) is 1.99. The molecule has 2 nitrogen and oxygen atoms in total. The fraction of sp³-hybridized carbons (Fsp3) is 0.600. The lowest BCUT2D eigenvalue weighted by molar-refractivity contribution is 0.0194. The first-order valence-corrected chi connectivity index (χ1v) is 6.46. The SMILES string of the molecule is NC(c1cc(Br)cs1)C1(CO)CCC1. The van der Waals surface area contributed by atoms with Crippen LogP contribution in [-0.2, 0) is 0 Å². The Balaban J connectivity index is 2.18. The molecule has 0 bridgehead atoms. The van der Waals surface area contributed by atoms with Gasteiger partial charge in [0.05, 0.1) is 6.61 Å². The molecule has 1 aliphatic carbocycles. The van der Waals surface area contributed by atoms with Gasteiger partial charge < -0.3 is 10.8 Å². The molecule has 1 fully saturated rings. The smallest absolute Gasteiger partial charge is 0.0505 e. The lowest BCUT2D eigenvalue weighted by Crippen LogP contribution is -2.43. The monoisotopic (exact) mass is 275 g/mol. The van der Waals surface area contributed by atoms with E-state index in [4.69, 9.17) is 5.73 Å². The Bertz CT molecular complexity index is 316. The molecule has 1 atom stereocenters. The van der Waals surface area contributed by atoms with Crippen molar-refractivity contribution in [1.82, 2.24) is 0 Å². The molecule has 1 aliphatic rings. The van der Waals surface area contributed by atoms with Gasteiger partial charge in [0.25, 0.3) is 0 Å². The van der Waals surface area contributed by atoms with Crippen LogP contribution >= 0.6 is 27.3 Å². The van der Waals surface area contributed by atoms with E-state index >= 15 is 0 Å². The number of rotatable bonds is 3. The average Bonchev–Trinajstić information content (AvgIpc) is 2.50. The Kier molecular flexibility index (Phi) is 2.98. The Morgan fingerprint density at radius 2 is 2.36 bits per heavy atom. The maximum absolute atomic E-state index is 9.39. The van der Waals surface area contributed by atoms with Crippen molar-refractivity contribution in [3.63, 3.8) is 0 Å². The maximum atomic E-state index is 9.39. The van der Waals surface area contributed by atoms with E-state index in [1.807, 2.05) is 5.38 Å². The zero-order valence-electron chi connectivity index (χ0n) is 7.87. The predicted octanol–water partition coefficient (Wildman–Crippen LogP) is 2.67. The second-order valence-corrected chi connectivity index (χ2v) is 5.88. The Morgan fingerprint density at radius 1 is 1.64 bits per heavy atom. The summed E-state index contributed by atoms with van der Waals surface area (Å²) in [7, 11) is 0. The van der Waals surface area contributed by atoms with E-state index < -0.39 is 0 Å². The van der Waals surface area contributed by atoms with Crippen LogP contribution < -0.4 is 5.73 Å². The summed E-state index contributed by atoms with van der Waals surface area (Å²) >= 11 is 5.09. The molecule has 14 heavy (non-hydrogen) atoms. The van der Waals surface area contributed by atoms with Gasteiger partial charge in [0.1, 0.15) is 0 Å². The van der Waals surface area contributed by atoms with Gasteiger partial charge in [-0.1, -0.05) is 6.42 Å². The largest absolute Gasteiger partial charge is 0.396 e. The molecule has 0 saturated heterocycles. The zero-order chi connectivity index (χ0) is 10.2. The minimum atomic E-state index is -0.0374. The molecular weight excluding hydrogens is 262 g/mol. The number of hydrogen-bond donors (Lipinski definition) is 2. The number of aliphatic hydroxyl groups excluding tert-OH is 1. The van der Waals surface area contributed by atoms with Crippen LogP contribution in [0.2, 0.25) is 0 Å². The van der Waals surface area contributed by atoms with Gasteiger partial charge in [-0.25, -0.2) is 0 Å². The van der Waals surface area contributed by atoms with E-state index in [0.29, 0.717) is 0 Å². The highest BCUT2D eigenvalue weighted by Gasteiger charge is 2.42. The van der Waals surface area contributed by atoms with Crippen LogP contribution in [0.15, 0.2) is 15.9 Å². The number of aliphatic hydroxyl groups is 1. The van der Waals surface area contributed by atoms with Crippen molar-refractivity contribution in [2.75, 3.05) is 6.61 Å². The van der Waals surface area contributed by atoms with Gasteiger partial charge in [-0.2, -0.15) is 0 Å². The minimum absolute atomic E-state index is 0.00227. The molecule has 0 aliphatic heterocycles. The van der Waals surface area contributed by atoms with E-state index in [1.165, 1.54) is 11.3 Å². The molecule has 1 unspecified atom stereocenters. The summed E-state index contributed by atoms with van der Waals surface area (Å²) in [5.41, 5.74) is 6.15. The molecule has 1 aromatic heterocycles. The van der Waals surface area contributed by atoms with Crippen LogP contribution in [0, 0.1) is 5.41 Å². The van der Waals surface area contributed by atoms with Crippen molar-refractivity contribution in [3.8, 4) is 0 Å². The first kappa shape index (κ1) is 10.6. The number of hydrogen-bond acceptors (Lipinski definition) is 3. The predicted molar refractivity (Wildman–Crippen MR) is 62.3 cm³/mol. The summed E-state index contributed by atoms with van der Waals surface area (Å²) < 4.78 is 1.08. The third kappa shape index (κ3) is 1.65. The van der Waals surface area contributed by atoms with Gasteiger partial charge in [-0.15, -0.1) is 11.3 Å². The summed E-state index contributed by atoms with van der Waals surface area (Å²) in [6.07, 6.45) is 3.31. The molecule has 3 N–H and O–H groups in total. The van der Waals surface area contributed by atoms with E-state index in [-0.39, 0.29) is 18.1 Å². The lowest BCUT2D eigenvalue weighted by Gasteiger charge is -2.44. The molecule has 0 amide bonds. The van der Waals surface area contributed by atoms with Crippen molar-refractivity contribution in [2.45, 2.75) is 25.3 Å². The van der Waals surface area contributed by atoms with Crippen molar-refractivity contribution in [2.24, 2.45) is 11.1 Å². The van der Waals surface area contributed by atoms with Crippen LogP contribution in [0.5, 0.6) is 0 Å². The zero-order valence-corrected chi connectivity index (χ0v) is 10.3. The Labute approximate surface area is 96.3 Å². The summed E-state index contributed by atoms with van der Waals surface area (Å²) in [5, 5.41) is 11.4. The van der Waals surface area contributed by atoms with Crippen molar-refractivity contribution >= 4 is 27.3 Å². The number of thiophene rings is 1.